The van der Waals surface area contributed by atoms with Gasteiger partial charge in [-0.2, -0.15) is 5.10 Å². The Morgan fingerprint density at radius 1 is 0.893 bits per heavy atom. The van der Waals surface area contributed by atoms with E-state index in [1.807, 2.05) is 31.2 Å². The number of aryl methyl sites for hydroxylation is 1. The van der Waals surface area contributed by atoms with Crippen LogP contribution in [-0.2, 0) is 0 Å². The third-order valence-electron chi connectivity index (χ3n) is 3.96. The minimum absolute atomic E-state index is 0.102. The Hall–Kier alpha value is -3.80. The van der Waals surface area contributed by atoms with Gasteiger partial charge in [0, 0.05) is 0 Å². The van der Waals surface area contributed by atoms with Crippen LogP contribution in [0.1, 0.15) is 31.8 Å². The summed E-state index contributed by atoms with van der Waals surface area (Å²) in [4.78, 5) is 24.8. The third kappa shape index (κ3) is 4.67. The standard InChI is InChI=1S/C22H18FN3O2/c1-15-7-6-8-16(13-15)14-24-26-22(28)18-10-3-5-12-20(18)25-21(27)17-9-2-4-11-19(17)23/h2-14H,1H3,(H,25,27)(H,26,28). The lowest BCUT2D eigenvalue weighted by Crippen LogP contribution is -2.21. The van der Waals surface area contributed by atoms with Crippen LogP contribution in [0.3, 0.4) is 0 Å². The first-order valence-corrected chi connectivity index (χ1v) is 8.59. The second kappa shape index (κ2) is 8.73. The molecule has 0 heterocycles. The summed E-state index contributed by atoms with van der Waals surface area (Å²) in [7, 11) is 0. The average Bonchev–Trinajstić information content (AvgIpc) is 2.68. The monoisotopic (exact) mass is 375 g/mol. The first-order valence-electron chi connectivity index (χ1n) is 8.59. The van der Waals surface area contributed by atoms with E-state index in [4.69, 9.17) is 0 Å². The van der Waals surface area contributed by atoms with Crippen LogP contribution in [-0.4, -0.2) is 18.0 Å². The Labute approximate surface area is 161 Å². The second-order valence-electron chi connectivity index (χ2n) is 6.09. The molecule has 2 N–H and O–H groups in total. The van der Waals surface area contributed by atoms with Gasteiger partial charge in [-0.05, 0) is 36.8 Å². The van der Waals surface area contributed by atoms with Gasteiger partial charge in [0.1, 0.15) is 5.82 Å². The lowest BCUT2D eigenvalue weighted by atomic mass is 10.1. The number of nitrogens with one attached hydrogen (secondary N) is 2. The minimum atomic E-state index is -0.637. The van der Waals surface area contributed by atoms with Crippen molar-refractivity contribution in [3.63, 3.8) is 0 Å². The number of nitrogens with zero attached hydrogens (tertiary/aromatic N) is 1. The van der Waals surface area contributed by atoms with E-state index in [2.05, 4.69) is 15.8 Å². The molecule has 0 bridgehead atoms. The number of benzene rings is 3. The van der Waals surface area contributed by atoms with Crippen molar-refractivity contribution in [1.82, 2.24) is 5.43 Å². The number of halogens is 1. The molecule has 0 radical (unpaired) electrons. The molecule has 3 aromatic rings. The van der Waals surface area contributed by atoms with Crippen molar-refractivity contribution in [3.05, 3.63) is 101 Å². The molecule has 0 unspecified atom stereocenters. The molecular weight excluding hydrogens is 357 g/mol. The molecule has 0 fully saturated rings. The number of carbonyl (C=O) groups excluding carboxylic acids is 2. The normalized spacial score (nSPS) is 10.6. The van der Waals surface area contributed by atoms with E-state index in [9.17, 15) is 14.0 Å². The quantitative estimate of drug-likeness (QED) is 0.519. The number of rotatable bonds is 5. The van der Waals surface area contributed by atoms with Crippen LogP contribution >= 0.6 is 0 Å². The number of hydrogen-bond donors (Lipinski definition) is 2. The van der Waals surface area contributed by atoms with E-state index in [-0.39, 0.29) is 16.8 Å². The Morgan fingerprint density at radius 3 is 2.36 bits per heavy atom. The summed E-state index contributed by atoms with van der Waals surface area (Å²) in [6.07, 6.45) is 1.53. The SMILES string of the molecule is Cc1cccc(C=NNC(=O)c2ccccc2NC(=O)c2ccccc2F)c1. The Bertz CT molecular complexity index is 1050. The van der Waals surface area contributed by atoms with Crippen LogP contribution in [0, 0.1) is 12.7 Å². The largest absolute Gasteiger partial charge is 0.321 e. The molecule has 140 valence electrons. The molecule has 0 atom stereocenters. The maximum absolute atomic E-state index is 13.8. The minimum Gasteiger partial charge on any atom is -0.321 e. The Balaban J connectivity index is 1.73. The molecule has 2 amide bonds. The smallest absolute Gasteiger partial charge is 0.273 e. The van der Waals surface area contributed by atoms with Gasteiger partial charge in [0.2, 0.25) is 0 Å². The van der Waals surface area contributed by atoms with Crippen LogP contribution in [0.4, 0.5) is 10.1 Å². The average molecular weight is 375 g/mol. The highest BCUT2D eigenvalue weighted by molar-refractivity contribution is 6.09. The van der Waals surface area contributed by atoms with E-state index in [1.165, 1.54) is 24.4 Å². The van der Waals surface area contributed by atoms with Gasteiger partial charge in [0.25, 0.3) is 11.8 Å². The molecular formula is C22H18FN3O2. The number of carbonyl (C=O) groups is 2. The van der Waals surface area contributed by atoms with Gasteiger partial charge in [-0.25, -0.2) is 9.82 Å². The van der Waals surface area contributed by atoms with Crippen molar-refractivity contribution in [3.8, 4) is 0 Å². The van der Waals surface area contributed by atoms with Gasteiger partial charge in [-0.3, -0.25) is 9.59 Å². The van der Waals surface area contributed by atoms with E-state index >= 15 is 0 Å². The second-order valence-corrected chi connectivity index (χ2v) is 6.09. The lowest BCUT2D eigenvalue weighted by Gasteiger charge is -2.10. The van der Waals surface area contributed by atoms with Crippen molar-refractivity contribution >= 4 is 23.7 Å². The molecule has 0 aliphatic heterocycles. The van der Waals surface area contributed by atoms with Crippen molar-refractivity contribution in [2.45, 2.75) is 6.92 Å². The van der Waals surface area contributed by atoms with Crippen molar-refractivity contribution in [2.75, 3.05) is 5.32 Å². The molecule has 0 aromatic heterocycles. The fourth-order valence-corrected chi connectivity index (χ4v) is 2.60. The summed E-state index contributed by atoms with van der Waals surface area (Å²) in [5.41, 5.74) is 4.74. The van der Waals surface area contributed by atoms with Crippen LogP contribution in [0.25, 0.3) is 0 Å². The predicted octanol–water partition coefficient (Wildman–Crippen LogP) is 4.15. The van der Waals surface area contributed by atoms with Crippen LogP contribution in [0.5, 0.6) is 0 Å². The molecule has 3 aromatic carbocycles. The van der Waals surface area contributed by atoms with Gasteiger partial charge in [-0.1, -0.05) is 54.1 Å². The Kier molecular flexibility index (Phi) is 5.91. The predicted molar refractivity (Wildman–Crippen MR) is 107 cm³/mol. The van der Waals surface area contributed by atoms with Gasteiger partial charge in [0.05, 0.1) is 23.0 Å². The fraction of sp³-hybridized carbons (Fsp3) is 0.0455. The number of hydrogen-bond acceptors (Lipinski definition) is 3. The lowest BCUT2D eigenvalue weighted by molar-refractivity contribution is 0.0956. The van der Waals surface area contributed by atoms with E-state index in [0.29, 0.717) is 0 Å². The zero-order valence-electron chi connectivity index (χ0n) is 15.1. The number of para-hydroxylation sites is 1. The van der Waals surface area contributed by atoms with E-state index < -0.39 is 17.6 Å². The van der Waals surface area contributed by atoms with E-state index in [0.717, 1.165) is 11.1 Å². The summed E-state index contributed by atoms with van der Waals surface area (Å²) >= 11 is 0. The first kappa shape index (κ1) is 19.0. The molecule has 5 nitrogen and oxygen atoms in total. The van der Waals surface area contributed by atoms with Gasteiger partial charge < -0.3 is 5.32 Å². The number of amides is 2. The van der Waals surface area contributed by atoms with Crippen molar-refractivity contribution < 1.29 is 14.0 Å². The summed E-state index contributed by atoms with van der Waals surface area (Å²) in [6, 6.07) is 19.7. The van der Waals surface area contributed by atoms with Gasteiger partial charge in [-0.15, -0.1) is 0 Å². The molecule has 6 heteroatoms. The highest BCUT2D eigenvalue weighted by Gasteiger charge is 2.15. The zero-order chi connectivity index (χ0) is 19.9. The maximum atomic E-state index is 13.8. The highest BCUT2D eigenvalue weighted by Crippen LogP contribution is 2.17. The summed E-state index contributed by atoms with van der Waals surface area (Å²) in [5.74, 6) is -1.76. The topological polar surface area (TPSA) is 70.6 Å². The first-order chi connectivity index (χ1) is 13.5. The molecule has 28 heavy (non-hydrogen) atoms. The van der Waals surface area contributed by atoms with Crippen LogP contribution < -0.4 is 10.7 Å². The third-order valence-corrected chi connectivity index (χ3v) is 3.96. The van der Waals surface area contributed by atoms with Crippen molar-refractivity contribution in [2.24, 2.45) is 5.10 Å². The zero-order valence-corrected chi connectivity index (χ0v) is 15.1. The summed E-state index contributed by atoms with van der Waals surface area (Å²) in [5, 5.41) is 6.53. The molecule has 0 saturated carbocycles. The molecule has 0 aliphatic carbocycles. The Morgan fingerprint density at radius 2 is 1.61 bits per heavy atom. The molecule has 0 spiro atoms. The van der Waals surface area contributed by atoms with E-state index in [1.54, 1.807) is 30.3 Å². The molecule has 3 rings (SSSR count). The van der Waals surface area contributed by atoms with Gasteiger partial charge >= 0.3 is 0 Å². The summed E-state index contributed by atoms with van der Waals surface area (Å²) in [6.45, 7) is 1.96. The number of anilines is 1. The maximum Gasteiger partial charge on any atom is 0.273 e. The molecule has 0 aliphatic rings. The van der Waals surface area contributed by atoms with Crippen molar-refractivity contribution in [1.29, 1.82) is 0 Å². The fourth-order valence-electron chi connectivity index (χ4n) is 2.60. The summed E-state index contributed by atoms with van der Waals surface area (Å²) < 4.78 is 13.8. The molecule has 0 saturated heterocycles. The van der Waals surface area contributed by atoms with Crippen LogP contribution in [0.2, 0.25) is 0 Å². The van der Waals surface area contributed by atoms with Crippen LogP contribution in [0.15, 0.2) is 77.9 Å². The highest BCUT2D eigenvalue weighted by atomic mass is 19.1. The van der Waals surface area contributed by atoms with Gasteiger partial charge in [0.15, 0.2) is 0 Å². The number of hydrazone groups is 1.